The number of aromatic nitrogens is 1. The standard InChI is InChI=1S/C12H14N2/c1-9-7-11-4-2-3-10(5-6-13)12(11)14-8-9/h2-4,7-8H,5-6,13H2,1H3. The predicted octanol–water partition coefficient (Wildman–Crippen LogP) is 2.04. The summed E-state index contributed by atoms with van der Waals surface area (Å²) in [4.78, 5) is 4.44. The monoisotopic (exact) mass is 186 g/mol. The lowest BCUT2D eigenvalue weighted by molar-refractivity contribution is 0.973. The van der Waals surface area contributed by atoms with Gasteiger partial charge in [0.2, 0.25) is 0 Å². The minimum absolute atomic E-state index is 0.675. The molecule has 0 saturated carbocycles. The number of hydrogen-bond acceptors (Lipinski definition) is 2. The number of para-hydroxylation sites is 1. The zero-order valence-electron chi connectivity index (χ0n) is 8.33. The van der Waals surface area contributed by atoms with Crippen LogP contribution in [0.15, 0.2) is 30.5 Å². The van der Waals surface area contributed by atoms with Crippen molar-refractivity contribution in [1.82, 2.24) is 4.98 Å². The van der Waals surface area contributed by atoms with Crippen molar-refractivity contribution >= 4 is 10.9 Å². The summed E-state index contributed by atoms with van der Waals surface area (Å²) in [6.45, 7) is 2.73. The SMILES string of the molecule is Cc1cnc2c(CCN)cccc2c1. The van der Waals surface area contributed by atoms with Crippen molar-refractivity contribution in [3.63, 3.8) is 0 Å². The summed E-state index contributed by atoms with van der Waals surface area (Å²) in [6, 6.07) is 8.41. The van der Waals surface area contributed by atoms with E-state index in [4.69, 9.17) is 5.73 Å². The van der Waals surface area contributed by atoms with Crippen LogP contribution in [-0.4, -0.2) is 11.5 Å². The van der Waals surface area contributed by atoms with E-state index in [1.54, 1.807) is 0 Å². The van der Waals surface area contributed by atoms with E-state index >= 15 is 0 Å². The van der Waals surface area contributed by atoms with Crippen LogP contribution in [0.25, 0.3) is 10.9 Å². The first-order chi connectivity index (χ1) is 6.81. The molecule has 0 atom stereocenters. The molecular formula is C12H14N2. The molecule has 0 aliphatic heterocycles. The Morgan fingerprint density at radius 3 is 3.00 bits per heavy atom. The van der Waals surface area contributed by atoms with Crippen molar-refractivity contribution in [2.45, 2.75) is 13.3 Å². The zero-order chi connectivity index (χ0) is 9.97. The number of rotatable bonds is 2. The first kappa shape index (κ1) is 9.16. The number of pyridine rings is 1. The lowest BCUT2D eigenvalue weighted by Gasteiger charge is -2.04. The first-order valence-electron chi connectivity index (χ1n) is 4.85. The number of hydrogen-bond donors (Lipinski definition) is 1. The molecule has 0 bridgehead atoms. The molecule has 0 aliphatic carbocycles. The molecule has 0 fully saturated rings. The van der Waals surface area contributed by atoms with Gasteiger partial charge >= 0.3 is 0 Å². The van der Waals surface area contributed by atoms with E-state index in [2.05, 4.69) is 36.2 Å². The highest BCUT2D eigenvalue weighted by Gasteiger charge is 2.00. The van der Waals surface area contributed by atoms with Gasteiger partial charge in [0, 0.05) is 11.6 Å². The summed E-state index contributed by atoms with van der Waals surface area (Å²) in [5.41, 5.74) is 9.08. The van der Waals surface area contributed by atoms with Gasteiger partial charge in [-0.1, -0.05) is 18.2 Å². The fourth-order valence-corrected chi connectivity index (χ4v) is 1.69. The van der Waals surface area contributed by atoms with Crippen molar-refractivity contribution in [3.05, 3.63) is 41.6 Å². The Bertz CT molecular complexity index is 449. The van der Waals surface area contributed by atoms with E-state index < -0.39 is 0 Å². The van der Waals surface area contributed by atoms with E-state index in [0.717, 1.165) is 11.9 Å². The third-order valence-electron chi connectivity index (χ3n) is 2.34. The number of fused-ring (bicyclic) bond motifs is 1. The summed E-state index contributed by atoms with van der Waals surface area (Å²) in [5, 5.41) is 1.20. The van der Waals surface area contributed by atoms with Crippen LogP contribution in [0.3, 0.4) is 0 Å². The minimum Gasteiger partial charge on any atom is -0.330 e. The quantitative estimate of drug-likeness (QED) is 0.779. The summed E-state index contributed by atoms with van der Waals surface area (Å²) in [5.74, 6) is 0. The normalized spacial score (nSPS) is 10.7. The molecular weight excluding hydrogens is 172 g/mol. The summed E-state index contributed by atoms with van der Waals surface area (Å²) in [6.07, 6.45) is 2.80. The molecule has 0 amide bonds. The minimum atomic E-state index is 0.675. The smallest absolute Gasteiger partial charge is 0.0734 e. The van der Waals surface area contributed by atoms with Crippen LogP contribution in [0.2, 0.25) is 0 Å². The average molecular weight is 186 g/mol. The van der Waals surface area contributed by atoms with Crippen LogP contribution >= 0.6 is 0 Å². The molecule has 72 valence electrons. The van der Waals surface area contributed by atoms with Crippen molar-refractivity contribution in [2.24, 2.45) is 5.73 Å². The lowest BCUT2D eigenvalue weighted by atomic mass is 10.1. The molecule has 14 heavy (non-hydrogen) atoms. The number of aryl methyl sites for hydroxylation is 1. The Morgan fingerprint density at radius 2 is 2.21 bits per heavy atom. The van der Waals surface area contributed by atoms with E-state index in [0.29, 0.717) is 6.54 Å². The van der Waals surface area contributed by atoms with Crippen LogP contribution in [0.5, 0.6) is 0 Å². The van der Waals surface area contributed by atoms with E-state index in [-0.39, 0.29) is 0 Å². The number of nitrogens with zero attached hydrogens (tertiary/aromatic N) is 1. The molecule has 2 heteroatoms. The molecule has 2 rings (SSSR count). The van der Waals surface area contributed by atoms with E-state index in [1.807, 2.05) is 6.20 Å². The topological polar surface area (TPSA) is 38.9 Å². The van der Waals surface area contributed by atoms with Gasteiger partial charge in [-0.15, -0.1) is 0 Å². The van der Waals surface area contributed by atoms with Crippen LogP contribution in [0.1, 0.15) is 11.1 Å². The van der Waals surface area contributed by atoms with E-state index in [1.165, 1.54) is 16.5 Å². The highest BCUT2D eigenvalue weighted by Crippen LogP contribution is 2.17. The van der Waals surface area contributed by atoms with Crippen molar-refractivity contribution in [2.75, 3.05) is 6.54 Å². The summed E-state index contributed by atoms with van der Waals surface area (Å²) < 4.78 is 0. The van der Waals surface area contributed by atoms with Gasteiger partial charge in [-0.2, -0.15) is 0 Å². The average Bonchev–Trinajstić information content (AvgIpc) is 2.18. The maximum absolute atomic E-state index is 5.55. The van der Waals surface area contributed by atoms with Gasteiger partial charge in [0.15, 0.2) is 0 Å². The van der Waals surface area contributed by atoms with Gasteiger partial charge in [0.1, 0.15) is 0 Å². The third-order valence-corrected chi connectivity index (χ3v) is 2.34. The molecule has 2 nitrogen and oxygen atoms in total. The van der Waals surface area contributed by atoms with Gasteiger partial charge in [-0.05, 0) is 37.1 Å². The van der Waals surface area contributed by atoms with Gasteiger partial charge in [-0.3, -0.25) is 4.98 Å². The first-order valence-corrected chi connectivity index (χ1v) is 4.85. The molecule has 0 radical (unpaired) electrons. The second-order valence-electron chi connectivity index (χ2n) is 3.54. The molecule has 0 unspecified atom stereocenters. The fraction of sp³-hybridized carbons (Fsp3) is 0.250. The predicted molar refractivity (Wildman–Crippen MR) is 59.2 cm³/mol. The Labute approximate surface area is 83.8 Å². The fourth-order valence-electron chi connectivity index (χ4n) is 1.69. The lowest BCUT2D eigenvalue weighted by Crippen LogP contribution is -2.03. The van der Waals surface area contributed by atoms with Gasteiger partial charge in [-0.25, -0.2) is 0 Å². The Hall–Kier alpha value is -1.41. The van der Waals surface area contributed by atoms with Gasteiger partial charge < -0.3 is 5.73 Å². The summed E-state index contributed by atoms with van der Waals surface area (Å²) >= 11 is 0. The Kier molecular flexibility index (Phi) is 2.46. The van der Waals surface area contributed by atoms with Gasteiger partial charge in [0.05, 0.1) is 5.52 Å². The molecule has 2 N–H and O–H groups in total. The molecule has 0 spiro atoms. The maximum Gasteiger partial charge on any atom is 0.0734 e. The zero-order valence-corrected chi connectivity index (χ0v) is 8.33. The van der Waals surface area contributed by atoms with Crippen LogP contribution in [0.4, 0.5) is 0 Å². The van der Waals surface area contributed by atoms with Crippen molar-refractivity contribution < 1.29 is 0 Å². The van der Waals surface area contributed by atoms with Crippen molar-refractivity contribution in [3.8, 4) is 0 Å². The molecule has 0 saturated heterocycles. The number of nitrogens with two attached hydrogens (primary N) is 1. The molecule has 2 aromatic rings. The van der Waals surface area contributed by atoms with Crippen LogP contribution in [-0.2, 0) is 6.42 Å². The Morgan fingerprint density at radius 1 is 1.36 bits per heavy atom. The molecule has 0 aliphatic rings. The largest absolute Gasteiger partial charge is 0.330 e. The third kappa shape index (κ3) is 1.61. The molecule has 1 aromatic carbocycles. The second-order valence-corrected chi connectivity index (χ2v) is 3.54. The van der Waals surface area contributed by atoms with Crippen LogP contribution in [0, 0.1) is 6.92 Å². The second kappa shape index (κ2) is 3.76. The van der Waals surface area contributed by atoms with E-state index in [9.17, 15) is 0 Å². The highest BCUT2D eigenvalue weighted by atomic mass is 14.7. The van der Waals surface area contributed by atoms with Gasteiger partial charge in [0.25, 0.3) is 0 Å². The maximum atomic E-state index is 5.55. The Balaban J connectivity index is 2.62. The molecule has 1 heterocycles. The van der Waals surface area contributed by atoms with Crippen molar-refractivity contribution in [1.29, 1.82) is 0 Å². The van der Waals surface area contributed by atoms with Crippen LogP contribution < -0.4 is 5.73 Å². The highest BCUT2D eigenvalue weighted by molar-refractivity contribution is 5.82. The molecule has 1 aromatic heterocycles. The summed E-state index contributed by atoms with van der Waals surface area (Å²) in [7, 11) is 0. The number of benzene rings is 1.